The SMILES string of the molecule is CCn1c(C)[n+](CC(=O)O)c2ccccc21.[Cl-]. The molecule has 92 valence electrons. The Morgan fingerprint density at radius 1 is 1.41 bits per heavy atom. The first kappa shape index (κ1) is 13.5. The summed E-state index contributed by atoms with van der Waals surface area (Å²) in [5.41, 5.74) is 2.06. The second kappa shape index (κ2) is 5.19. The lowest BCUT2D eigenvalue weighted by Gasteiger charge is -1.95. The molecule has 1 aromatic carbocycles. The lowest BCUT2D eigenvalue weighted by Crippen LogP contribution is -3.00. The topological polar surface area (TPSA) is 46.1 Å². The van der Waals surface area contributed by atoms with Gasteiger partial charge in [-0.05, 0) is 19.1 Å². The van der Waals surface area contributed by atoms with E-state index in [0.29, 0.717) is 0 Å². The Morgan fingerprint density at radius 2 is 2.06 bits per heavy atom. The first-order chi connectivity index (χ1) is 7.65. The van der Waals surface area contributed by atoms with E-state index in [4.69, 9.17) is 5.11 Å². The fourth-order valence-corrected chi connectivity index (χ4v) is 2.15. The predicted molar refractivity (Wildman–Crippen MR) is 60.2 cm³/mol. The molecule has 5 heteroatoms. The fourth-order valence-electron chi connectivity index (χ4n) is 2.15. The summed E-state index contributed by atoms with van der Waals surface area (Å²) >= 11 is 0. The number of aromatic nitrogens is 2. The Balaban J connectivity index is 0.00000144. The van der Waals surface area contributed by atoms with Crippen LogP contribution in [0.25, 0.3) is 11.0 Å². The highest BCUT2D eigenvalue weighted by atomic mass is 35.5. The molecule has 0 fully saturated rings. The molecule has 17 heavy (non-hydrogen) atoms. The van der Waals surface area contributed by atoms with Crippen LogP contribution in [-0.4, -0.2) is 15.6 Å². The molecule has 0 saturated carbocycles. The maximum Gasteiger partial charge on any atom is 0.346 e. The van der Waals surface area contributed by atoms with Gasteiger partial charge in [0.15, 0.2) is 17.6 Å². The van der Waals surface area contributed by atoms with E-state index in [1.54, 1.807) is 0 Å². The zero-order valence-corrected chi connectivity index (χ0v) is 10.6. The number of fused-ring (bicyclic) bond motifs is 1. The van der Waals surface area contributed by atoms with Crippen LogP contribution < -0.4 is 17.0 Å². The van der Waals surface area contributed by atoms with E-state index in [-0.39, 0.29) is 19.0 Å². The smallest absolute Gasteiger partial charge is 0.346 e. The first-order valence-electron chi connectivity index (χ1n) is 5.34. The average Bonchev–Trinajstić information content (AvgIpc) is 2.52. The van der Waals surface area contributed by atoms with Crippen molar-refractivity contribution in [3.63, 3.8) is 0 Å². The number of benzene rings is 1. The van der Waals surface area contributed by atoms with Gasteiger partial charge in [-0.3, -0.25) is 0 Å². The van der Waals surface area contributed by atoms with Crippen molar-refractivity contribution in [2.75, 3.05) is 0 Å². The zero-order valence-electron chi connectivity index (χ0n) is 9.85. The second-order valence-electron chi connectivity index (χ2n) is 3.76. The van der Waals surface area contributed by atoms with Crippen LogP contribution in [0.1, 0.15) is 12.7 Å². The molecule has 0 aliphatic rings. The van der Waals surface area contributed by atoms with Gasteiger partial charge in [0.2, 0.25) is 0 Å². The van der Waals surface area contributed by atoms with Gasteiger partial charge in [-0.1, -0.05) is 12.1 Å². The lowest BCUT2D eigenvalue weighted by molar-refractivity contribution is -0.667. The Hall–Kier alpha value is -1.55. The van der Waals surface area contributed by atoms with E-state index in [1.165, 1.54) is 0 Å². The van der Waals surface area contributed by atoms with Crippen molar-refractivity contribution in [3.05, 3.63) is 30.1 Å². The van der Waals surface area contributed by atoms with Crippen LogP contribution in [0.15, 0.2) is 24.3 Å². The summed E-state index contributed by atoms with van der Waals surface area (Å²) in [5.74, 6) is 0.165. The number of carbonyl (C=O) groups is 1. The van der Waals surface area contributed by atoms with E-state index in [0.717, 1.165) is 23.4 Å². The first-order valence-corrected chi connectivity index (χ1v) is 5.34. The van der Waals surface area contributed by atoms with Gasteiger partial charge in [0.1, 0.15) is 0 Å². The molecule has 0 amide bonds. The third kappa shape index (κ3) is 2.26. The highest BCUT2D eigenvalue weighted by Gasteiger charge is 2.21. The number of hydrogen-bond acceptors (Lipinski definition) is 1. The monoisotopic (exact) mass is 254 g/mol. The van der Waals surface area contributed by atoms with Crippen molar-refractivity contribution in [1.29, 1.82) is 0 Å². The molecule has 0 saturated heterocycles. The van der Waals surface area contributed by atoms with Crippen molar-refractivity contribution in [2.45, 2.75) is 26.9 Å². The second-order valence-corrected chi connectivity index (χ2v) is 3.76. The number of hydrogen-bond donors (Lipinski definition) is 1. The number of halogens is 1. The standard InChI is InChI=1S/C12H14N2O2.ClH/c1-3-13-9(2)14(8-12(15)16)11-7-5-4-6-10(11)13;/h4-7H,3,8H2,1-2H3;1H. The van der Waals surface area contributed by atoms with Crippen molar-refractivity contribution >= 4 is 17.0 Å². The minimum absolute atomic E-state index is 0. The van der Waals surface area contributed by atoms with Crippen LogP contribution >= 0.6 is 0 Å². The van der Waals surface area contributed by atoms with E-state index < -0.39 is 5.97 Å². The highest BCUT2D eigenvalue weighted by Crippen LogP contribution is 2.13. The quantitative estimate of drug-likeness (QED) is 0.667. The normalized spacial score (nSPS) is 10.2. The molecule has 0 aliphatic carbocycles. The zero-order chi connectivity index (χ0) is 11.7. The number of aliphatic carboxylic acids is 1. The number of carboxylic acid groups (broad SMARTS) is 1. The summed E-state index contributed by atoms with van der Waals surface area (Å²) in [6, 6.07) is 7.88. The molecule has 1 heterocycles. The van der Waals surface area contributed by atoms with Gasteiger partial charge < -0.3 is 17.5 Å². The van der Waals surface area contributed by atoms with Crippen LogP contribution in [0.2, 0.25) is 0 Å². The van der Waals surface area contributed by atoms with E-state index >= 15 is 0 Å². The Bertz CT molecular complexity index is 549. The van der Waals surface area contributed by atoms with E-state index in [2.05, 4.69) is 11.5 Å². The molecular formula is C12H15ClN2O2. The number of aryl methyl sites for hydroxylation is 1. The van der Waals surface area contributed by atoms with Crippen LogP contribution in [0.3, 0.4) is 0 Å². The van der Waals surface area contributed by atoms with Crippen molar-refractivity contribution in [1.82, 2.24) is 4.57 Å². The summed E-state index contributed by atoms with van der Waals surface area (Å²) in [7, 11) is 0. The summed E-state index contributed by atoms with van der Waals surface area (Å²) in [6.07, 6.45) is 0. The molecule has 0 atom stereocenters. The van der Waals surface area contributed by atoms with Gasteiger partial charge in [0.05, 0.1) is 6.54 Å². The maximum atomic E-state index is 10.8. The molecule has 0 radical (unpaired) electrons. The maximum absolute atomic E-state index is 10.8. The van der Waals surface area contributed by atoms with Crippen molar-refractivity contribution in [2.24, 2.45) is 0 Å². The molecule has 0 spiro atoms. The van der Waals surface area contributed by atoms with Gasteiger partial charge in [-0.25, -0.2) is 13.9 Å². The Labute approximate surface area is 106 Å². The number of rotatable bonds is 3. The lowest BCUT2D eigenvalue weighted by atomic mass is 10.3. The largest absolute Gasteiger partial charge is 1.00 e. The van der Waals surface area contributed by atoms with Crippen LogP contribution in [0.4, 0.5) is 0 Å². The third-order valence-electron chi connectivity index (χ3n) is 2.85. The summed E-state index contributed by atoms with van der Waals surface area (Å²) in [5, 5.41) is 8.90. The van der Waals surface area contributed by atoms with Gasteiger partial charge in [-0.2, -0.15) is 0 Å². The molecule has 1 N–H and O–H groups in total. The summed E-state index contributed by atoms with van der Waals surface area (Å²) in [4.78, 5) is 10.8. The minimum atomic E-state index is -0.813. The number of nitrogens with zero attached hydrogens (tertiary/aromatic N) is 2. The average molecular weight is 255 g/mol. The van der Waals surface area contributed by atoms with Crippen LogP contribution in [0, 0.1) is 6.92 Å². The molecular weight excluding hydrogens is 240 g/mol. The molecule has 2 rings (SSSR count). The van der Waals surface area contributed by atoms with Crippen LogP contribution in [0.5, 0.6) is 0 Å². The molecule has 2 aromatic rings. The van der Waals surface area contributed by atoms with Crippen molar-refractivity contribution < 1.29 is 26.9 Å². The Morgan fingerprint density at radius 3 is 2.65 bits per heavy atom. The van der Waals surface area contributed by atoms with Gasteiger partial charge in [0.25, 0.3) is 5.82 Å². The van der Waals surface area contributed by atoms with Crippen LogP contribution in [-0.2, 0) is 17.9 Å². The predicted octanol–water partition coefficient (Wildman–Crippen LogP) is -1.65. The molecule has 4 nitrogen and oxygen atoms in total. The van der Waals surface area contributed by atoms with Gasteiger partial charge >= 0.3 is 5.97 Å². The fraction of sp³-hybridized carbons (Fsp3) is 0.333. The molecule has 1 aromatic heterocycles. The van der Waals surface area contributed by atoms with Gasteiger partial charge in [-0.15, -0.1) is 0 Å². The highest BCUT2D eigenvalue weighted by molar-refractivity contribution is 5.73. The van der Waals surface area contributed by atoms with E-state index in [9.17, 15) is 4.79 Å². The minimum Gasteiger partial charge on any atom is -1.00 e. The summed E-state index contributed by atoms with van der Waals surface area (Å²) in [6.45, 7) is 4.87. The van der Waals surface area contributed by atoms with Crippen molar-refractivity contribution in [3.8, 4) is 0 Å². The van der Waals surface area contributed by atoms with E-state index in [1.807, 2.05) is 35.8 Å². The number of carboxylic acids is 1. The number of para-hydroxylation sites is 2. The molecule has 0 aliphatic heterocycles. The molecule has 0 unspecified atom stereocenters. The Kier molecular flexibility index (Phi) is 4.12. The summed E-state index contributed by atoms with van der Waals surface area (Å²) < 4.78 is 3.96. The van der Waals surface area contributed by atoms with Gasteiger partial charge in [0, 0.05) is 6.92 Å². The third-order valence-corrected chi connectivity index (χ3v) is 2.85. The number of imidazole rings is 1. The molecule has 0 bridgehead atoms.